The number of aromatic nitrogens is 1. The molecule has 0 fully saturated rings. The van der Waals surface area contributed by atoms with Crippen LogP contribution in [0.3, 0.4) is 0 Å². The highest BCUT2D eigenvalue weighted by Crippen LogP contribution is 2.32. The normalized spacial score (nSPS) is 11.3. The molecule has 98 valence electrons. The Morgan fingerprint density at radius 2 is 2.06 bits per heavy atom. The summed E-state index contributed by atoms with van der Waals surface area (Å²) in [6, 6.07) is 6.23. The van der Waals surface area contributed by atoms with Gasteiger partial charge in [-0.2, -0.15) is 0 Å². The highest BCUT2D eigenvalue weighted by atomic mass is 35.5. The van der Waals surface area contributed by atoms with Crippen molar-refractivity contribution in [2.75, 3.05) is 0 Å². The fraction of sp³-hybridized carbons (Fsp3) is 0.467. The minimum Gasteiger partial charge on any atom is -0.392 e. The Balaban J connectivity index is 2.69. The molecule has 1 aromatic heterocycles. The molecule has 0 aliphatic rings. The highest BCUT2D eigenvalue weighted by molar-refractivity contribution is 6.32. The first-order valence-corrected chi connectivity index (χ1v) is 7.01. The molecule has 0 amide bonds. The zero-order chi connectivity index (χ0) is 13.1. The van der Waals surface area contributed by atoms with E-state index in [1.54, 1.807) is 0 Å². The molecule has 0 aliphatic heterocycles. The number of hydrogen-bond acceptors (Lipinski definition) is 1. The van der Waals surface area contributed by atoms with Gasteiger partial charge in [0.25, 0.3) is 0 Å². The summed E-state index contributed by atoms with van der Waals surface area (Å²) in [4.78, 5) is 0. The summed E-state index contributed by atoms with van der Waals surface area (Å²) in [5.74, 6) is 0. The molecule has 3 heteroatoms. The number of aliphatic hydroxyl groups is 1. The lowest BCUT2D eigenvalue weighted by Gasteiger charge is -2.09. The van der Waals surface area contributed by atoms with Gasteiger partial charge in [0, 0.05) is 17.5 Å². The maximum absolute atomic E-state index is 9.52. The van der Waals surface area contributed by atoms with Gasteiger partial charge in [0.2, 0.25) is 0 Å². The van der Waals surface area contributed by atoms with Crippen LogP contribution in [0.25, 0.3) is 10.9 Å². The summed E-state index contributed by atoms with van der Waals surface area (Å²) in [5.41, 5.74) is 3.35. The zero-order valence-corrected chi connectivity index (χ0v) is 11.8. The minimum atomic E-state index is 0.00161. The Morgan fingerprint density at radius 3 is 2.67 bits per heavy atom. The van der Waals surface area contributed by atoms with Gasteiger partial charge in [0.15, 0.2) is 0 Å². The van der Waals surface area contributed by atoms with Crippen molar-refractivity contribution in [3.63, 3.8) is 0 Å². The highest BCUT2D eigenvalue weighted by Gasteiger charge is 2.16. The number of aliphatic hydroxyl groups excluding tert-OH is 1. The molecule has 2 nitrogen and oxygen atoms in total. The number of halogens is 1. The van der Waals surface area contributed by atoms with E-state index in [1.165, 1.54) is 11.1 Å². The molecule has 0 saturated carbocycles. The molecule has 0 aliphatic carbocycles. The Labute approximate surface area is 113 Å². The third-order valence-corrected chi connectivity index (χ3v) is 3.91. The predicted molar refractivity (Wildman–Crippen MR) is 77.2 cm³/mol. The Morgan fingerprint density at radius 1 is 1.28 bits per heavy atom. The topological polar surface area (TPSA) is 25.2 Å². The number of unbranched alkanes of at least 4 members (excludes halogenated alkanes) is 1. The molecule has 0 spiro atoms. The van der Waals surface area contributed by atoms with Crippen LogP contribution in [0, 0.1) is 0 Å². The lowest BCUT2D eigenvalue weighted by molar-refractivity contribution is 0.283. The fourth-order valence-electron chi connectivity index (χ4n) is 2.49. The van der Waals surface area contributed by atoms with Crippen molar-refractivity contribution < 1.29 is 5.11 Å². The molecule has 0 unspecified atom stereocenters. The number of hydrogen-bond donors (Lipinski definition) is 1. The molecule has 2 rings (SSSR count). The van der Waals surface area contributed by atoms with Crippen LogP contribution >= 0.6 is 11.6 Å². The van der Waals surface area contributed by atoms with Crippen LogP contribution in [-0.2, 0) is 19.6 Å². The average molecular weight is 266 g/mol. The van der Waals surface area contributed by atoms with E-state index in [0.29, 0.717) is 5.15 Å². The number of aryl methyl sites for hydroxylation is 2. The second-order valence-corrected chi connectivity index (χ2v) is 4.96. The van der Waals surface area contributed by atoms with Gasteiger partial charge < -0.3 is 9.67 Å². The van der Waals surface area contributed by atoms with Gasteiger partial charge in [-0.3, -0.25) is 0 Å². The second-order valence-electron chi connectivity index (χ2n) is 4.60. The molecular weight excluding hydrogens is 246 g/mol. The summed E-state index contributed by atoms with van der Waals surface area (Å²) < 4.78 is 2.16. The van der Waals surface area contributed by atoms with Crippen LogP contribution in [0.1, 0.15) is 37.8 Å². The van der Waals surface area contributed by atoms with Gasteiger partial charge in [-0.05, 0) is 18.4 Å². The van der Waals surface area contributed by atoms with Crippen molar-refractivity contribution in [2.24, 2.45) is 0 Å². The average Bonchev–Trinajstić information content (AvgIpc) is 2.67. The zero-order valence-electron chi connectivity index (χ0n) is 11.0. The molecule has 1 aromatic carbocycles. The Hall–Kier alpha value is -0.990. The summed E-state index contributed by atoms with van der Waals surface area (Å²) in [7, 11) is 0. The van der Waals surface area contributed by atoms with Crippen molar-refractivity contribution in [3.05, 3.63) is 34.5 Å². The van der Waals surface area contributed by atoms with Crippen molar-refractivity contribution in [2.45, 2.75) is 46.3 Å². The van der Waals surface area contributed by atoms with Gasteiger partial charge in [-0.15, -0.1) is 0 Å². The van der Waals surface area contributed by atoms with Crippen molar-refractivity contribution >= 4 is 22.5 Å². The maximum Gasteiger partial charge on any atom is 0.115 e. The standard InChI is InChI=1S/C15H20ClNO/c1-3-5-9-17-14-11(4-2)7-6-8-12(14)13(10-18)15(17)16/h6-8,18H,3-5,9-10H2,1-2H3. The molecule has 0 bridgehead atoms. The molecule has 18 heavy (non-hydrogen) atoms. The van der Waals surface area contributed by atoms with E-state index >= 15 is 0 Å². The van der Waals surface area contributed by atoms with E-state index in [1.807, 2.05) is 12.1 Å². The molecule has 0 radical (unpaired) electrons. The third-order valence-electron chi connectivity index (χ3n) is 3.47. The van der Waals surface area contributed by atoms with Gasteiger partial charge >= 0.3 is 0 Å². The lowest BCUT2D eigenvalue weighted by atomic mass is 10.1. The van der Waals surface area contributed by atoms with Crippen LogP contribution in [0.5, 0.6) is 0 Å². The number of benzene rings is 1. The van der Waals surface area contributed by atoms with Crippen LogP contribution in [0.2, 0.25) is 5.15 Å². The minimum absolute atomic E-state index is 0.00161. The van der Waals surface area contributed by atoms with E-state index in [-0.39, 0.29) is 6.61 Å². The quantitative estimate of drug-likeness (QED) is 0.863. The first-order valence-electron chi connectivity index (χ1n) is 6.63. The van der Waals surface area contributed by atoms with Crippen LogP contribution in [0.15, 0.2) is 18.2 Å². The fourth-order valence-corrected chi connectivity index (χ4v) is 2.82. The molecule has 0 saturated heterocycles. The van der Waals surface area contributed by atoms with Gasteiger partial charge in [0.1, 0.15) is 5.15 Å². The first kappa shape index (κ1) is 13.4. The molecule has 1 N–H and O–H groups in total. The third kappa shape index (κ3) is 2.15. The first-order chi connectivity index (χ1) is 8.74. The van der Waals surface area contributed by atoms with Crippen LogP contribution in [0.4, 0.5) is 0 Å². The number of nitrogens with zero attached hydrogens (tertiary/aromatic N) is 1. The Bertz CT molecular complexity index is 545. The predicted octanol–water partition coefficient (Wildman–Crippen LogP) is 4.15. The van der Waals surface area contributed by atoms with E-state index in [4.69, 9.17) is 11.6 Å². The van der Waals surface area contributed by atoms with E-state index < -0.39 is 0 Å². The number of rotatable bonds is 5. The monoisotopic (exact) mass is 265 g/mol. The van der Waals surface area contributed by atoms with Crippen molar-refractivity contribution in [3.8, 4) is 0 Å². The van der Waals surface area contributed by atoms with Crippen LogP contribution in [-0.4, -0.2) is 9.67 Å². The largest absolute Gasteiger partial charge is 0.392 e. The van der Waals surface area contributed by atoms with Gasteiger partial charge in [-0.25, -0.2) is 0 Å². The van der Waals surface area contributed by atoms with Crippen molar-refractivity contribution in [1.82, 2.24) is 4.57 Å². The summed E-state index contributed by atoms with van der Waals surface area (Å²) in [5, 5.41) is 11.3. The van der Waals surface area contributed by atoms with E-state index in [2.05, 4.69) is 24.5 Å². The smallest absolute Gasteiger partial charge is 0.115 e. The molecular formula is C15H20ClNO. The number of para-hydroxylation sites is 1. The summed E-state index contributed by atoms with van der Waals surface area (Å²) >= 11 is 6.42. The molecule has 0 atom stereocenters. The SMILES string of the molecule is CCCCn1c(Cl)c(CO)c2cccc(CC)c21. The summed E-state index contributed by atoms with van der Waals surface area (Å²) in [6.45, 7) is 5.25. The second kappa shape index (κ2) is 5.77. The Kier molecular flexibility index (Phi) is 4.31. The molecule has 1 heterocycles. The van der Waals surface area contributed by atoms with E-state index in [9.17, 15) is 5.11 Å². The van der Waals surface area contributed by atoms with Gasteiger partial charge in [-0.1, -0.05) is 50.1 Å². The van der Waals surface area contributed by atoms with E-state index in [0.717, 1.165) is 36.8 Å². The van der Waals surface area contributed by atoms with Gasteiger partial charge in [0.05, 0.1) is 12.1 Å². The van der Waals surface area contributed by atoms with Crippen molar-refractivity contribution in [1.29, 1.82) is 0 Å². The lowest BCUT2D eigenvalue weighted by Crippen LogP contribution is -1.99. The summed E-state index contributed by atoms with van der Waals surface area (Å²) in [6.07, 6.45) is 3.22. The number of fused-ring (bicyclic) bond motifs is 1. The maximum atomic E-state index is 9.52. The van der Waals surface area contributed by atoms with Crippen LogP contribution < -0.4 is 0 Å². The molecule has 2 aromatic rings.